The van der Waals surface area contributed by atoms with Gasteiger partial charge in [0.25, 0.3) is 11.7 Å². The van der Waals surface area contributed by atoms with Gasteiger partial charge in [0, 0.05) is 65.4 Å². The van der Waals surface area contributed by atoms with E-state index in [2.05, 4.69) is 15.6 Å². The Hall–Kier alpha value is -4.38. The largest absolute Gasteiger partial charge is 0.360 e. The number of thiophene rings is 1. The molecule has 5 N–H and O–H groups in total. The second-order valence-electron chi connectivity index (χ2n) is 8.46. The van der Waals surface area contributed by atoms with Gasteiger partial charge >= 0.3 is 0 Å². The summed E-state index contributed by atoms with van der Waals surface area (Å²) in [4.78, 5) is 33.1. The van der Waals surface area contributed by atoms with E-state index < -0.39 is 0 Å². The molecule has 2 aromatic carbocycles. The van der Waals surface area contributed by atoms with E-state index in [-0.39, 0.29) is 17.6 Å². The second kappa shape index (κ2) is 9.70. The minimum Gasteiger partial charge on any atom is -0.360 e. The molecule has 4 aromatic rings. The zero-order chi connectivity index (χ0) is 25.2. The van der Waals surface area contributed by atoms with Crippen molar-refractivity contribution >= 4 is 61.5 Å². The number of nitrogens with one attached hydrogen (secondary N) is 1. The predicted octanol–water partition coefficient (Wildman–Crippen LogP) is 2.33. The Morgan fingerprint density at radius 1 is 1.03 bits per heavy atom. The van der Waals surface area contributed by atoms with Gasteiger partial charge < -0.3 is 20.9 Å². The topological polar surface area (TPSA) is 142 Å². The van der Waals surface area contributed by atoms with Crippen molar-refractivity contribution in [1.29, 1.82) is 0 Å². The number of amidine groups is 1. The van der Waals surface area contributed by atoms with Crippen LogP contribution in [0.2, 0.25) is 0 Å². The molecule has 1 aliphatic rings. The molecule has 11 heteroatoms. The van der Waals surface area contributed by atoms with Gasteiger partial charge in [0.2, 0.25) is 5.91 Å². The Labute approximate surface area is 210 Å². The fraction of sp³-hybridized carbons (Fsp3) is 0.200. The SMILES string of the molecule is CC(=O)N1CCN(C(=O)c2cccc(Nc3nc4cc(/C(N)=N/N=[NH2+])ccc4c4sccc34)c2)CC1. The fourth-order valence-electron chi connectivity index (χ4n) is 4.35. The van der Waals surface area contributed by atoms with Crippen LogP contribution in [0.3, 0.4) is 0 Å². The van der Waals surface area contributed by atoms with E-state index in [4.69, 9.17) is 16.2 Å². The molecule has 2 aromatic heterocycles. The van der Waals surface area contributed by atoms with Crippen molar-refractivity contribution in [3.05, 3.63) is 65.0 Å². The number of carbonyl (C=O) groups excluding carboxylic acids is 2. The summed E-state index contributed by atoms with van der Waals surface area (Å²) in [5.41, 5.74) is 13.8. The number of anilines is 2. The normalized spacial score (nSPS) is 14.3. The molecule has 36 heavy (non-hydrogen) atoms. The lowest BCUT2D eigenvalue weighted by Crippen LogP contribution is -2.50. The molecule has 0 radical (unpaired) electrons. The van der Waals surface area contributed by atoms with Gasteiger partial charge in [-0.15, -0.1) is 11.3 Å². The summed E-state index contributed by atoms with van der Waals surface area (Å²) in [6.07, 6.45) is 0. The number of rotatable bonds is 5. The number of fused-ring (bicyclic) bond motifs is 3. The lowest BCUT2D eigenvalue weighted by atomic mass is 10.1. The third-order valence-electron chi connectivity index (χ3n) is 6.24. The molecule has 0 bridgehead atoms. The lowest BCUT2D eigenvalue weighted by molar-refractivity contribution is -0.221. The molecule has 182 valence electrons. The van der Waals surface area contributed by atoms with Crippen LogP contribution in [0.5, 0.6) is 0 Å². The molecule has 2 amide bonds. The number of benzene rings is 2. The summed E-state index contributed by atoms with van der Waals surface area (Å²) in [5.74, 6) is 0.859. The van der Waals surface area contributed by atoms with Crippen molar-refractivity contribution in [3.8, 4) is 0 Å². The van der Waals surface area contributed by atoms with Crippen LogP contribution in [-0.4, -0.2) is 58.6 Å². The van der Waals surface area contributed by atoms with Gasteiger partial charge in [-0.25, -0.2) is 4.98 Å². The van der Waals surface area contributed by atoms with Crippen molar-refractivity contribution in [2.45, 2.75) is 6.92 Å². The molecular formula is C25H25N8O2S+. The number of pyridine rings is 1. The number of amides is 2. The zero-order valence-corrected chi connectivity index (χ0v) is 20.5. The van der Waals surface area contributed by atoms with Crippen molar-refractivity contribution < 1.29 is 15.1 Å². The molecule has 10 nitrogen and oxygen atoms in total. The van der Waals surface area contributed by atoms with E-state index in [1.54, 1.807) is 34.1 Å². The summed E-state index contributed by atoms with van der Waals surface area (Å²) in [6, 6.07) is 15.1. The molecule has 1 saturated heterocycles. The Morgan fingerprint density at radius 2 is 1.81 bits per heavy atom. The smallest absolute Gasteiger partial charge is 0.273 e. The monoisotopic (exact) mass is 501 g/mol. The molecule has 0 unspecified atom stereocenters. The molecule has 0 saturated carbocycles. The summed E-state index contributed by atoms with van der Waals surface area (Å²) >= 11 is 1.63. The van der Waals surface area contributed by atoms with E-state index in [0.717, 1.165) is 26.7 Å². The second-order valence-corrected chi connectivity index (χ2v) is 9.38. The van der Waals surface area contributed by atoms with Crippen LogP contribution >= 0.6 is 11.3 Å². The third-order valence-corrected chi connectivity index (χ3v) is 7.19. The number of nitrogens with two attached hydrogens (primary N) is 2. The number of piperazine rings is 1. The van der Waals surface area contributed by atoms with Gasteiger partial charge in [0.15, 0.2) is 0 Å². The number of aromatic nitrogens is 1. The van der Waals surface area contributed by atoms with Gasteiger partial charge in [0.1, 0.15) is 11.0 Å². The fourth-order valence-corrected chi connectivity index (χ4v) is 5.28. The summed E-state index contributed by atoms with van der Waals surface area (Å²) in [7, 11) is 0. The average Bonchev–Trinajstić information content (AvgIpc) is 3.39. The highest BCUT2D eigenvalue weighted by Gasteiger charge is 2.23. The van der Waals surface area contributed by atoms with Crippen LogP contribution in [0.1, 0.15) is 22.8 Å². The molecule has 0 aliphatic carbocycles. The van der Waals surface area contributed by atoms with Crippen LogP contribution < -0.4 is 16.6 Å². The first-order valence-corrected chi connectivity index (χ1v) is 12.3. The van der Waals surface area contributed by atoms with Crippen molar-refractivity contribution in [2.24, 2.45) is 16.1 Å². The Kier molecular flexibility index (Phi) is 6.30. The maximum Gasteiger partial charge on any atom is 0.273 e. The summed E-state index contributed by atoms with van der Waals surface area (Å²) in [6.45, 7) is 3.69. The first-order valence-electron chi connectivity index (χ1n) is 11.4. The van der Waals surface area contributed by atoms with E-state index in [0.29, 0.717) is 43.1 Å². The first kappa shape index (κ1) is 23.4. The van der Waals surface area contributed by atoms with Crippen LogP contribution in [0.4, 0.5) is 11.5 Å². The Bertz CT molecular complexity index is 1520. The molecular weight excluding hydrogens is 476 g/mol. The van der Waals surface area contributed by atoms with E-state index >= 15 is 0 Å². The maximum atomic E-state index is 13.1. The standard InChI is InChI=1S/C25H24N8O2S/c1-15(34)32-8-10-33(11-9-32)25(35)17-3-2-4-18(13-17)28-24-20-7-12-36-22(20)19-6-5-16(14-21(19)29-24)23(26)30-31-27/h2-7,12-14H,8-11H2,1H3,(H,28,29)(H3,26,27,30)/p+1. The summed E-state index contributed by atoms with van der Waals surface area (Å²) in [5, 5.41) is 14.4. The minimum absolute atomic E-state index is 0.0346. The molecule has 3 heterocycles. The summed E-state index contributed by atoms with van der Waals surface area (Å²) < 4.78 is 1.09. The molecule has 0 atom stereocenters. The van der Waals surface area contributed by atoms with Gasteiger partial charge in [-0.1, -0.05) is 12.1 Å². The van der Waals surface area contributed by atoms with Crippen LogP contribution in [0.25, 0.3) is 21.0 Å². The number of hydrogen-bond donors (Lipinski definition) is 3. The van der Waals surface area contributed by atoms with Gasteiger partial charge in [0.05, 0.1) is 10.6 Å². The molecule has 0 spiro atoms. The minimum atomic E-state index is -0.0567. The number of hydrogen-bond acceptors (Lipinski definition) is 6. The quantitative estimate of drug-likeness (QED) is 0.167. The number of nitrogens with zero attached hydrogens (tertiary/aromatic N) is 5. The van der Waals surface area contributed by atoms with Crippen molar-refractivity contribution in [2.75, 3.05) is 31.5 Å². The number of carbonyl (C=O) groups is 2. The van der Waals surface area contributed by atoms with Gasteiger partial charge in [-0.2, -0.15) is 5.53 Å². The van der Waals surface area contributed by atoms with Crippen molar-refractivity contribution in [3.63, 3.8) is 0 Å². The van der Waals surface area contributed by atoms with E-state index in [1.807, 2.05) is 47.8 Å². The highest BCUT2D eigenvalue weighted by atomic mass is 32.1. The zero-order valence-electron chi connectivity index (χ0n) is 19.6. The highest BCUT2D eigenvalue weighted by molar-refractivity contribution is 7.18. The van der Waals surface area contributed by atoms with Crippen molar-refractivity contribution in [1.82, 2.24) is 14.8 Å². The Balaban J connectivity index is 1.44. The predicted molar refractivity (Wildman–Crippen MR) is 140 cm³/mol. The van der Waals surface area contributed by atoms with Crippen LogP contribution in [0.15, 0.2) is 64.2 Å². The van der Waals surface area contributed by atoms with Gasteiger partial charge in [-0.05, 0) is 41.8 Å². The Morgan fingerprint density at radius 3 is 2.56 bits per heavy atom. The van der Waals surface area contributed by atoms with Crippen LogP contribution in [-0.2, 0) is 4.79 Å². The van der Waals surface area contributed by atoms with E-state index in [9.17, 15) is 9.59 Å². The highest BCUT2D eigenvalue weighted by Crippen LogP contribution is 2.35. The maximum absolute atomic E-state index is 13.1. The average molecular weight is 502 g/mol. The van der Waals surface area contributed by atoms with Gasteiger partial charge in [-0.3, -0.25) is 9.59 Å². The van der Waals surface area contributed by atoms with E-state index in [1.165, 1.54) is 0 Å². The van der Waals surface area contributed by atoms with Crippen LogP contribution in [0, 0.1) is 0 Å². The first-order chi connectivity index (χ1) is 17.4. The lowest BCUT2D eigenvalue weighted by Gasteiger charge is -2.34. The third kappa shape index (κ3) is 4.48. The molecule has 1 fully saturated rings. The molecule has 5 rings (SSSR count). The molecule has 1 aliphatic heterocycles.